The number of nitrogens with zero attached hydrogens (tertiary/aromatic N) is 2. The van der Waals surface area contributed by atoms with E-state index >= 15 is 0 Å². The number of aromatic nitrogens is 2. The molecular formula is C9H16N2. The van der Waals surface area contributed by atoms with Gasteiger partial charge in [-0.1, -0.05) is 13.8 Å². The van der Waals surface area contributed by atoms with E-state index in [1.165, 1.54) is 17.9 Å². The smallest absolute Gasteiger partial charge is 0.108 e. The Bertz CT molecular complexity index is 225. The highest BCUT2D eigenvalue weighted by Gasteiger charge is 2.02. The summed E-state index contributed by atoms with van der Waals surface area (Å²) in [4.78, 5) is 4.34. The Morgan fingerprint density at radius 3 is 2.64 bits per heavy atom. The molecule has 0 spiro atoms. The predicted molar refractivity (Wildman–Crippen MR) is 46.6 cm³/mol. The molecule has 1 aromatic heterocycles. The molecule has 11 heavy (non-hydrogen) atoms. The van der Waals surface area contributed by atoms with Gasteiger partial charge in [0.2, 0.25) is 0 Å². The van der Waals surface area contributed by atoms with Gasteiger partial charge in [0.15, 0.2) is 0 Å². The van der Waals surface area contributed by atoms with Crippen LogP contribution < -0.4 is 0 Å². The molecule has 0 bridgehead atoms. The van der Waals surface area contributed by atoms with E-state index in [0.717, 1.165) is 12.8 Å². The van der Waals surface area contributed by atoms with E-state index < -0.39 is 0 Å². The summed E-state index contributed by atoms with van der Waals surface area (Å²) in [6.45, 7) is 4.34. The maximum atomic E-state index is 4.34. The Balaban J connectivity index is 2.82. The Hall–Kier alpha value is -0.790. The number of aryl methyl sites for hydroxylation is 2. The highest BCUT2D eigenvalue weighted by molar-refractivity contribution is 5.04. The minimum atomic E-state index is 1.08. The minimum absolute atomic E-state index is 1.08. The van der Waals surface area contributed by atoms with Gasteiger partial charge < -0.3 is 4.57 Å². The standard InChI is InChI=1S/C9H16N2/c1-4-6-9-10-7-8(5-2)11(9)3/h7H,4-6H2,1-3H3. The number of imidazole rings is 1. The van der Waals surface area contributed by atoms with Crippen LogP contribution in [0, 0.1) is 0 Å². The molecule has 0 fully saturated rings. The molecule has 0 saturated heterocycles. The van der Waals surface area contributed by atoms with Crippen molar-refractivity contribution in [3.63, 3.8) is 0 Å². The molecular weight excluding hydrogens is 136 g/mol. The quantitative estimate of drug-likeness (QED) is 0.647. The topological polar surface area (TPSA) is 17.8 Å². The third-order valence-corrected chi connectivity index (χ3v) is 2.02. The van der Waals surface area contributed by atoms with Crippen molar-refractivity contribution in [2.45, 2.75) is 33.1 Å². The van der Waals surface area contributed by atoms with Crippen LogP contribution in [-0.4, -0.2) is 9.55 Å². The second-order valence-electron chi connectivity index (χ2n) is 2.83. The lowest BCUT2D eigenvalue weighted by Gasteiger charge is -2.01. The van der Waals surface area contributed by atoms with E-state index in [0.29, 0.717) is 0 Å². The zero-order valence-corrected chi connectivity index (χ0v) is 7.59. The molecule has 1 aromatic rings. The van der Waals surface area contributed by atoms with Gasteiger partial charge in [-0.3, -0.25) is 0 Å². The first-order chi connectivity index (χ1) is 5.29. The van der Waals surface area contributed by atoms with Gasteiger partial charge in [-0.2, -0.15) is 0 Å². The van der Waals surface area contributed by atoms with E-state index in [9.17, 15) is 0 Å². The SMILES string of the molecule is CCCc1ncc(CC)n1C. The summed E-state index contributed by atoms with van der Waals surface area (Å²) in [5.41, 5.74) is 1.33. The first-order valence-electron chi connectivity index (χ1n) is 4.29. The van der Waals surface area contributed by atoms with Crippen molar-refractivity contribution in [1.82, 2.24) is 9.55 Å². The highest BCUT2D eigenvalue weighted by atomic mass is 15.1. The van der Waals surface area contributed by atoms with Gasteiger partial charge in [0.05, 0.1) is 0 Å². The van der Waals surface area contributed by atoms with Crippen molar-refractivity contribution in [1.29, 1.82) is 0 Å². The van der Waals surface area contributed by atoms with Crippen LogP contribution in [0.4, 0.5) is 0 Å². The second-order valence-corrected chi connectivity index (χ2v) is 2.83. The van der Waals surface area contributed by atoms with Crippen molar-refractivity contribution in [2.75, 3.05) is 0 Å². The van der Waals surface area contributed by atoms with Crippen LogP contribution in [0.5, 0.6) is 0 Å². The maximum absolute atomic E-state index is 4.34. The average molecular weight is 152 g/mol. The Morgan fingerprint density at radius 1 is 1.45 bits per heavy atom. The van der Waals surface area contributed by atoms with Crippen LogP contribution in [0.25, 0.3) is 0 Å². The molecule has 0 aromatic carbocycles. The van der Waals surface area contributed by atoms with Crippen LogP contribution in [0.2, 0.25) is 0 Å². The Labute approximate surface area is 68.3 Å². The molecule has 0 unspecified atom stereocenters. The lowest BCUT2D eigenvalue weighted by molar-refractivity contribution is 0.731. The van der Waals surface area contributed by atoms with Gasteiger partial charge >= 0.3 is 0 Å². The van der Waals surface area contributed by atoms with Crippen LogP contribution in [0.15, 0.2) is 6.20 Å². The molecule has 0 atom stereocenters. The number of rotatable bonds is 3. The van der Waals surface area contributed by atoms with Gasteiger partial charge in [0.1, 0.15) is 5.82 Å². The molecule has 0 aliphatic rings. The number of hydrogen-bond donors (Lipinski definition) is 0. The second kappa shape index (κ2) is 3.56. The first-order valence-corrected chi connectivity index (χ1v) is 4.29. The van der Waals surface area contributed by atoms with Crippen LogP contribution in [0.1, 0.15) is 31.8 Å². The van der Waals surface area contributed by atoms with Crippen LogP contribution >= 0.6 is 0 Å². The van der Waals surface area contributed by atoms with Crippen molar-refractivity contribution >= 4 is 0 Å². The summed E-state index contributed by atoms with van der Waals surface area (Å²) in [5, 5.41) is 0. The van der Waals surface area contributed by atoms with Gasteiger partial charge in [0.25, 0.3) is 0 Å². The van der Waals surface area contributed by atoms with E-state index in [4.69, 9.17) is 0 Å². The molecule has 0 aliphatic carbocycles. The average Bonchev–Trinajstić information content (AvgIpc) is 2.34. The predicted octanol–water partition coefficient (Wildman–Crippen LogP) is 1.93. The zero-order valence-electron chi connectivity index (χ0n) is 7.59. The van der Waals surface area contributed by atoms with Crippen molar-refractivity contribution in [3.05, 3.63) is 17.7 Å². The van der Waals surface area contributed by atoms with E-state index in [1.807, 2.05) is 6.20 Å². The maximum Gasteiger partial charge on any atom is 0.108 e. The fourth-order valence-electron chi connectivity index (χ4n) is 1.27. The summed E-state index contributed by atoms with van der Waals surface area (Å²) < 4.78 is 2.20. The Kier molecular flexibility index (Phi) is 2.69. The van der Waals surface area contributed by atoms with Crippen molar-refractivity contribution in [3.8, 4) is 0 Å². The molecule has 0 aliphatic heterocycles. The van der Waals surface area contributed by atoms with Gasteiger partial charge in [-0.05, 0) is 12.8 Å². The first kappa shape index (κ1) is 8.31. The molecule has 0 amide bonds. The van der Waals surface area contributed by atoms with Gasteiger partial charge in [0, 0.05) is 25.4 Å². The van der Waals surface area contributed by atoms with Gasteiger partial charge in [-0.25, -0.2) is 4.98 Å². The molecule has 0 N–H and O–H groups in total. The Morgan fingerprint density at radius 2 is 2.18 bits per heavy atom. The fourth-order valence-corrected chi connectivity index (χ4v) is 1.27. The third-order valence-electron chi connectivity index (χ3n) is 2.02. The third kappa shape index (κ3) is 1.62. The van der Waals surface area contributed by atoms with E-state index in [1.54, 1.807) is 0 Å². The largest absolute Gasteiger partial charge is 0.335 e. The molecule has 2 nitrogen and oxygen atoms in total. The molecule has 2 heteroatoms. The monoisotopic (exact) mass is 152 g/mol. The molecule has 0 radical (unpaired) electrons. The lowest BCUT2D eigenvalue weighted by Crippen LogP contribution is -2.00. The zero-order chi connectivity index (χ0) is 8.27. The van der Waals surface area contributed by atoms with E-state index in [-0.39, 0.29) is 0 Å². The summed E-state index contributed by atoms with van der Waals surface area (Å²) in [6.07, 6.45) is 5.32. The highest BCUT2D eigenvalue weighted by Crippen LogP contribution is 2.05. The molecule has 1 rings (SSSR count). The molecule has 1 heterocycles. The van der Waals surface area contributed by atoms with Gasteiger partial charge in [-0.15, -0.1) is 0 Å². The lowest BCUT2D eigenvalue weighted by atomic mass is 10.3. The van der Waals surface area contributed by atoms with Crippen LogP contribution in [0.3, 0.4) is 0 Å². The van der Waals surface area contributed by atoms with Crippen molar-refractivity contribution < 1.29 is 0 Å². The minimum Gasteiger partial charge on any atom is -0.335 e. The molecule has 0 saturated carbocycles. The summed E-state index contributed by atoms with van der Waals surface area (Å²) in [7, 11) is 2.09. The summed E-state index contributed by atoms with van der Waals surface area (Å²) in [5.74, 6) is 1.21. The van der Waals surface area contributed by atoms with E-state index in [2.05, 4.69) is 30.4 Å². The normalized spacial score (nSPS) is 10.5. The fraction of sp³-hybridized carbons (Fsp3) is 0.667. The van der Waals surface area contributed by atoms with Crippen LogP contribution in [-0.2, 0) is 19.9 Å². The number of hydrogen-bond acceptors (Lipinski definition) is 1. The van der Waals surface area contributed by atoms with Crippen molar-refractivity contribution in [2.24, 2.45) is 7.05 Å². The molecule has 62 valence electrons. The summed E-state index contributed by atoms with van der Waals surface area (Å²) in [6, 6.07) is 0. The summed E-state index contributed by atoms with van der Waals surface area (Å²) >= 11 is 0.